The molecule has 8 nitrogen and oxygen atoms in total. The summed E-state index contributed by atoms with van der Waals surface area (Å²) in [5, 5.41) is 20.8. The highest BCUT2D eigenvalue weighted by Crippen LogP contribution is 2.43. The Balaban J connectivity index is 2.76. The molecule has 1 aliphatic heterocycles. The molecule has 0 amide bonds. The van der Waals surface area contributed by atoms with Gasteiger partial charge < -0.3 is 9.84 Å². The number of ether oxygens (including phenoxy) is 1. The van der Waals surface area contributed by atoms with Crippen molar-refractivity contribution in [1.82, 2.24) is 4.42 Å². The van der Waals surface area contributed by atoms with Crippen molar-refractivity contribution in [2.24, 2.45) is 0 Å². The molecule has 0 saturated carbocycles. The van der Waals surface area contributed by atoms with Crippen LogP contribution in [-0.2, 0) is 14.3 Å². The van der Waals surface area contributed by atoms with E-state index in [1.54, 1.807) is 13.8 Å². The summed E-state index contributed by atoms with van der Waals surface area (Å²) in [6.07, 6.45) is 0. The van der Waals surface area contributed by atoms with Gasteiger partial charge in [-0.25, -0.2) is 9.59 Å². The summed E-state index contributed by atoms with van der Waals surface area (Å²) in [6.45, 7) is 4.78. The number of carboxylic acid groups (broad SMARTS) is 1. The summed E-state index contributed by atoms with van der Waals surface area (Å²) >= 11 is 6.17. The lowest BCUT2D eigenvalue weighted by molar-refractivity contribution is -0.384. The van der Waals surface area contributed by atoms with Crippen molar-refractivity contribution in [3.05, 3.63) is 62.5 Å². The summed E-state index contributed by atoms with van der Waals surface area (Å²) in [5.74, 6) is -3.04. The third-order valence-electron chi connectivity index (χ3n) is 4.09. The number of hydrogen-bond acceptors (Lipinski definition) is 6. The van der Waals surface area contributed by atoms with Gasteiger partial charge in [0.25, 0.3) is 5.69 Å². The number of carbonyl (C=O) groups is 2. The van der Waals surface area contributed by atoms with Crippen LogP contribution in [-0.4, -0.2) is 33.0 Å². The lowest BCUT2D eigenvalue weighted by Gasteiger charge is -2.33. The van der Waals surface area contributed by atoms with Crippen molar-refractivity contribution < 1.29 is 24.4 Å². The molecule has 0 aliphatic carbocycles. The molecule has 1 aromatic rings. The van der Waals surface area contributed by atoms with Crippen LogP contribution in [0.2, 0.25) is 0 Å². The minimum absolute atomic E-state index is 0.0327. The summed E-state index contributed by atoms with van der Waals surface area (Å²) in [4.78, 5) is 34.9. The number of nitro groups is 1. The molecule has 1 atom stereocenters. The predicted molar refractivity (Wildman–Crippen MR) is 93.2 cm³/mol. The van der Waals surface area contributed by atoms with Gasteiger partial charge >= 0.3 is 11.9 Å². The Morgan fingerprint density at radius 2 is 1.92 bits per heavy atom. The highest BCUT2D eigenvalue weighted by Gasteiger charge is 2.40. The van der Waals surface area contributed by atoms with Crippen LogP contribution in [0.3, 0.4) is 0 Å². The standard InChI is InChI=1S/C17H17ClN2O6/c1-4-26-17(23)14-10(3)19(18)9(2)13(16(21)22)15(14)11-6-5-7-12(8-11)20(24)25/h5-8,15H,4H2,1-3H3,(H,21,22). The van der Waals surface area contributed by atoms with Crippen LogP contribution in [0.1, 0.15) is 32.3 Å². The summed E-state index contributed by atoms with van der Waals surface area (Å²) < 4.78 is 6.15. The van der Waals surface area contributed by atoms with Gasteiger partial charge in [0.05, 0.1) is 28.6 Å². The Morgan fingerprint density at radius 3 is 2.46 bits per heavy atom. The zero-order chi connectivity index (χ0) is 19.6. The highest BCUT2D eigenvalue weighted by molar-refractivity contribution is 6.17. The molecule has 0 aromatic heterocycles. The number of rotatable bonds is 5. The number of benzene rings is 1. The van der Waals surface area contributed by atoms with Gasteiger partial charge in [-0.05, 0) is 26.3 Å². The SMILES string of the molecule is CCOC(=O)C1=C(C)N(Cl)C(C)=C(C(=O)O)C1c1cccc([N+](=O)[O-])c1. The smallest absolute Gasteiger partial charge is 0.336 e. The third kappa shape index (κ3) is 3.41. The van der Waals surface area contributed by atoms with Gasteiger partial charge in [0, 0.05) is 35.3 Å². The Morgan fingerprint density at radius 1 is 1.31 bits per heavy atom. The maximum Gasteiger partial charge on any atom is 0.336 e. The maximum atomic E-state index is 12.5. The van der Waals surface area contributed by atoms with E-state index in [1.807, 2.05) is 0 Å². The predicted octanol–water partition coefficient (Wildman–Crippen LogP) is 3.34. The first kappa shape index (κ1) is 19.5. The molecule has 26 heavy (non-hydrogen) atoms. The van der Waals surface area contributed by atoms with Crippen LogP contribution >= 0.6 is 11.8 Å². The monoisotopic (exact) mass is 380 g/mol. The zero-order valence-electron chi connectivity index (χ0n) is 14.4. The van der Waals surface area contributed by atoms with E-state index in [1.165, 1.54) is 31.2 Å². The summed E-state index contributed by atoms with van der Waals surface area (Å²) in [5.41, 5.74) is 0.506. The van der Waals surface area contributed by atoms with Crippen LogP contribution in [0.25, 0.3) is 0 Å². The van der Waals surface area contributed by atoms with Crippen molar-refractivity contribution in [3.8, 4) is 0 Å². The van der Waals surface area contributed by atoms with E-state index >= 15 is 0 Å². The van der Waals surface area contributed by atoms with Gasteiger partial charge in [0.15, 0.2) is 0 Å². The summed E-state index contributed by atoms with van der Waals surface area (Å²) in [6, 6.07) is 5.51. The Bertz CT molecular complexity index is 845. The normalized spacial score (nSPS) is 17.4. The summed E-state index contributed by atoms with van der Waals surface area (Å²) in [7, 11) is 0. The average Bonchev–Trinajstić information content (AvgIpc) is 2.59. The quantitative estimate of drug-likeness (QED) is 0.361. The largest absolute Gasteiger partial charge is 0.478 e. The first-order chi connectivity index (χ1) is 12.2. The first-order valence-corrected chi connectivity index (χ1v) is 8.06. The number of hydrogen-bond donors (Lipinski definition) is 1. The van der Waals surface area contributed by atoms with Crippen molar-refractivity contribution >= 4 is 29.4 Å². The maximum absolute atomic E-state index is 12.5. The van der Waals surface area contributed by atoms with E-state index in [-0.39, 0.29) is 29.1 Å². The molecule has 0 spiro atoms. The number of allylic oxidation sites excluding steroid dienone is 2. The minimum atomic E-state index is -1.28. The topological polar surface area (TPSA) is 110 Å². The first-order valence-electron chi connectivity index (χ1n) is 7.72. The van der Waals surface area contributed by atoms with E-state index in [9.17, 15) is 24.8 Å². The van der Waals surface area contributed by atoms with Crippen LogP contribution < -0.4 is 0 Å². The van der Waals surface area contributed by atoms with E-state index in [2.05, 4.69) is 0 Å². The van der Waals surface area contributed by atoms with E-state index in [0.29, 0.717) is 11.3 Å². The van der Waals surface area contributed by atoms with Gasteiger partial charge in [-0.3, -0.25) is 14.5 Å². The second kappa shape index (κ2) is 7.57. The molecular weight excluding hydrogens is 364 g/mol. The molecule has 9 heteroatoms. The van der Waals surface area contributed by atoms with Crippen molar-refractivity contribution in [3.63, 3.8) is 0 Å². The Labute approximate surface area is 154 Å². The van der Waals surface area contributed by atoms with Crippen molar-refractivity contribution in [1.29, 1.82) is 0 Å². The molecule has 1 unspecified atom stereocenters. The number of non-ortho nitro benzene ring substituents is 1. The lowest BCUT2D eigenvalue weighted by atomic mass is 9.80. The third-order valence-corrected chi connectivity index (χ3v) is 4.59. The zero-order valence-corrected chi connectivity index (χ0v) is 15.1. The van der Waals surface area contributed by atoms with Gasteiger partial charge in [0.2, 0.25) is 0 Å². The van der Waals surface area contributed by atoms with Gasteiger partial charge in [-0.1, -0.05) is 12.1 Å². The van der Waals surface area contributed by atoms with Crippen LogP contribution in [0, 0.1) is 10.1 Å². The lowest BCUT2D eigenvalue weighted by Crippen LogP contribution is -2.31. The molecule has 0 saturated heterocycles. The molecule has 1 aliphatic rings. The van der Waals surface area contributed by atoms with Crippen LogP contribution in [0.4, 0.5) is 5.69 Å². The number of halogens is 1. The fourth-order valence-corrected chi connectivity index (χ4v) is 3.11. The molecule has 1 aromatic carbocycles. The number of carboxylic acids is 1. The van der Waals surface area contributed by atoms with E-state index in [0.717, 1.165) is 4.42 Å². The van der Waals surface area contributed by atoms with Crippen LogP contribution in [0.15, 0.2) is 46.8 Å². The fourth-order valence-electron chi connectivity index (χ4n) is 2.93. The number of nitrogens with zero attached hydrogens (tertiary/aromatic N) is 2. The molecule has 1 heterocycles. The molecule has 2 rings (SSSR count). The Hall–Kier alpha value is -2.87. The van der Waals surface area contributed by atoms with Gasteiger partial charge in [-0.15, -0.1) is 0 Å². The molecule has 0 bridgehead atoms. The van der Waals surface area contributed by atoms with Crippen molar-refractivity contribution in [2.45, 2.75) is 26.7 Å². The second-order valence-corrected chi connectivity index (χ2v) is 5.93. The van der Waals surface area contributed by atoms with Gasteiger partial charge in [-0.2, -0.15) is 0 Å². The number of nitro benzene ring substituents is 1. The Kier molecular flexibility index (Phi) is 5.66. The molecular formula is C17H17ClN2O6. The molecule has 138 valence electrons. The fraction of sp³-hybridized carbons (Fsp3) is 0.294. The van der Waals surface area contributed by atoms with E-state index < -0.39 is 22.8 Å². The number of esters is 1. The highest BCUT2D eigenvalue weighted by atomic mass is 35.5. The minimum Gasteiger partial charge on any atom is -0.478 e. The number of carbonyl (C=O) groups excluding carboxylic acids is 1. The van der Waals surface area contributed by atoms with E-state index in [4.69, 9.17) is 16.5 Å². The molecule has 0 fully saturated rings. The van der Waals surface area contributed by atoms with Gasteiger partial charge in [0.1, 0.15) is 0 Å². The molecule has 1 N–H and O–H groups in total. The number of aliphatic carboxylic acids is 1. The molecule has 0 radical (unpaired) electrons. The average molecular weight is 381 g/mol. The van der Waals surface area contributed by atoms with Crippen LogP contribution in [0.5, 0.6) is 0 Å². The van der Waals surface area contributed by atoms with Crippen molar-refractivity contribution in [2.75, 3.05) is 6.61 Å². The second-order valence-electron chi connectivity index (χ2n) is 5.59.